The van der Waals surface area contributed by atoms with Gasteiger partial charge in [-0.2, -0.15) is 0 Å². The Kier molecular flexibility index (Phi) is 4.24. The number of amides is 1. The van der Waals surface area contributed by atoms with Crippen molar-refractivity contribution in [2.24, 2.45) is 11.7 Å². The van der Waals surface area contributed by atoms with E-state index in [1.165, 1.54) is 0 Å². The van der Waals surface area contributed by atoms with E-state index in [1.54, 1.807) is 0 Å². The van der Waals surface area contributed by atoms with Crippen LogP contribution in [0.25, 0.3) is 0 Å². The predicted molar refractivity (Wildman–Crippen MR) is 72.6 cm³/mol. The van der Waals surface area contributed by atoms with Gasteiger partial charge >= 0.3 is 0 Å². The Labute approximate surface area is 114 Å². The van der Waals surface area contributed by atoms with Crippen LogP contribution in [-0.2, 0) is 11.2 Å². The number of carbonyl (C=O) groups excluding carboxylic acids is 1. The van der Waals surface area contributed by atoms with Gasteiger partial charge in [-0.3, -0.25) is 4.79 Å². The predicted octanol–water partition coefficient (Wildman–Crippen LogP) is 1.42. The maximum atomic E-state index is 12.5. The number of nitrogens with zero attached hydrogens (tertiary/aromatic N) is 2. The summed E-state index contributed by atoms with van der Waals surface area (Å²) in [6.45, 7) is 7.25. The fourth-order valence-electron chi connectivity index (χ4n) is 2.93. The monoisotopic (exact) mass is 265 g/mol. The lowest BCUT2D eigenvalue weighted by Crippen LogP contribution is -2.51. The van der Waals surface area contributed by atoms with Crippen LogP contribution < -0.4 is 5.73 Å². The third kappa shape index (κ3) is 2.81. The first-order chi connectivity index (χ1) is 9.04. The molecule has 1 aromatic heterocycles. The van der Waals surface area contributed by atoms with E-state index in [0.29, 0.717) is 18.9 Å². The first kappa shape index (κ1) is 14.1. The van der Waals surface area contributed by atoms with Crippen LogP contribution in [0.4, 0.5) is 0 Å². The van der Waals surface area contributed by atoms with Gasteiger partial charge in [0.15, 0.2) is 0 Å². The maximum absolute atomic E-state index is 12.5. The molecule has 0 bridgehead atoms. The molecule has 0 aromatic carbocycles. The van der Waals surface area contributed by atoms with Crippen molar-refractivity contribution in [3.05, 3.63) is 17.0 Å². The number of likely N-dealkylation sites (tertiary alicyclic amines) is 1. The molecule has 2 atom stereocenters. The quantitative estimate of drug-likeness (QED) is 0.897. The van der Waals surface area contributed by atoms with Crippen molar-refractivity contribution in [2.75, 3.05) is 13.1 Å². The van der Waals surface area contributed by atoms with Crippen LogP contribution in [0.3, 0.4) is 0 Å². The topological polar surface area (TPSA) is 72.4 Å². The smallest absolute Gasteiger partial charge is 0.227 e. The van der Waals surface area contributed by atoms with Gasteiger partial charge in [0.05, 0.1) is 12.1 Å². The molecule has 1 amide bonds. The highest BCUT2D eigenvalue weighted by Gasteiger charge is 2.31. The number of carbonyl (C=O) groups is 1. The molecule has 0 aliphatic carbocycles. The molecule has 19 heavy (non-hydrogen) atoms. The van der Waals surface area contributed by atoms with Crippen LogP contribution >= 0.6 is 0 Å². The lowest BCUT2D eigenvalue weighted by Gasteiger charge is -2.39. The first-order valence-electron chi connectivity index (χ1n) is 6.95. The fourth-order valence-corrected chi connectivity index (χ4v) is 2.93. The molecule has 1 fully saturated rings. The molecule has 106 valence electrons. The van der Waals surface area contributed by atoms with E-state index in [1.807, 2.05) is 18.7 Å². The molecule has 2 unspecified atom stereocenters. The standard InChI is InChI=1S/C14H23N3O2/c1-9-5-4-6-17(13(9)8-15)14(18)7-12-10(2)16-19-11(12)3/h9,13H,4-8,15H2,1-3H3. The zero-order chi connectivity index (χ0) is 14.0. The maximum Gasteiger partial charge on any atom is 0.227 e. The van der Waals surface area contributed by atoms with Crippen molar-refractivity contribution >= 4 is 5.91 Å². The van der Waals surface area contributed by atoms with Crippen molar-refractivity contribution < 1.29 is 9.32 Å². The SMILES string of the molecule is Cc1noc(C)c1CC(=O)N1CCCC(C)C1CN. The second kappa shape index (κ2) is 5.74. The highest BCUT2D eigenvalue weighted by atomic mass is 16.5. The second-order valence-electron chi connectivity index (χ2n) is 5.49. The number of aryl methyl sites for hydroxylation is 2. The zero-order valence-corrected chi connectivity index (χ0v) is 12.0. The molecule has 1 aromatic rings. The third-order valence-electron chi connectivity index (χ3n) is 4.19. The van der Waals surface area contributed by atoms with E-state index in [9.17, 15) is 4.79 Å². The van der Waals surface area contributed by atoms with Gasteiger partial charge in [0, 0.05) is 24.7 Å². The summed E-state index contributed by atoms with van der Waals surface area (Å²) >= 11 is 0. The Bertz CT molecular complexity index is 436. The number of hydrogen-bond acceptors (Lipinski definition) is 4. The summed E-state index contributed by atoms with van der Waals surface area (Å²) in [5.74, 6) is 1.35. The molecule has 5 heteroatoms. The molecule has 0 spiro atoms. The van der Waals surface area contributed by atoms with Gasteiger partial charge in [-0.15, -0.1) is 0 Å². The van der Waals surface area contributed by atoms with Gasteiger partial charge in [0.25, 0.3) is 0 Å². The minimum Gasteiger partial charge on any atom is -0.361 e. The van der Waals surface area contributed by atoms with Gasteiger partial charge in [0.2, 0.25) is 5.91 Å². The van der Waals surface area contributed by atoms with Crippen LogP contribution in [0.1, 0.15) is 36.8 Å². The summed E-state index contributed by atoms with van der Waals surface area (Å²) < 4.78 is 5.11. The number of piperidine rings is 1. The van der Waals surface area contributed by atoms with Crippen LogP contribution in [0.15, 0.2) is 4.52 Å². The minimum absolute atomic E-state index is 0.136. The summed E-state index contributed by atoms with van der Waals surface area (Å²) in [7, 11) is 0. The lowest BCUT2D eigenvalue weighted by molar-refractivity contribution is -0.135. The van der Waals surface area contributed by atoms with E-state index in [2.05, 4.69) is 12.1 Å². The molecule has 2 heterocycles. The molecule has 5 nitrogen and oxygen atoms in total. The largest absolute Gasteiger partial charge is 0.361 e. The van der Waals surface area contributed by atoms with Crippen molar-refractivity contribution in [3.63, 3.8) is 0 Å². The van der Waals surface area contributed by atoms with Gasteiger partial charge in [0.1, 0.15) is 5.76 Å². The van der Waals surface area contributed by atoms with E-state index in [4.69, 9.17) is 10.3 Å². The average molecular weight is 265 g/mol. The van der Waals surface area contributed by atoms with Crippen LogP contribution in [0.2, 0.25) is 0 Å². The summed E-state index contributed by atoms with van der Waals surface area (Å²) in [4.78, 5) is 14.4. The first-order valence-corrected chi connectivity index (χ1v) is 6.95. The normalized spacial score (nSPS) is 23.7. The Balaban J connectivity index is 2.10. The Morgan fingerprint density at radius 2 is 2.26 bits per heavy atom. The summed E-state index contributed by atoms with van der Waals surface area (Å²) in [5.41, 5.74) is 7.55. The highest BCUT2D eigenvalue weighted by molar-refractivity contribution is 5.79. The highest BCUT2D eigenvalue weighted by Crippen LogP contribution is 2.24. The third-order valence-corrected chi connectivity index (χ3v) is 4.19. The Morgan fingerprint density at radius 1 is 1.53 bits per heavy atom. The van der Waals surface area contributed by atoms with E-state index < -0.39 is 0 Å². The molecule has 0 radical (unpaired) electrons. The van der Waals surface area contributed by atoms with Crippen molar-refractivity contribution in [1.82, 2.24) is 10.1 Å². The van der Waals surface area contributed by atoms with Crippen molar-refractivity contribution in [3.8, 4) is 0 Å². The molecule has 2 N–H and O–H groups in total. The number of aromatic nitrogens is 1. The van der Waals surface area contributed by atoms with Crippen LogP contribution in [0, 0.1) is 19.8 Å². The molecule has 1 aliphatic heterocycles. The van der Waals surface area contributed by atoms with Gasteiger partial charge in [-0.1, -0.05) is 12.1 Å². The number of hydrogen-bond donors (Lipinski definition) is 1. The molecular formula is C14H23N3O2. The number of rotatable bonds is 3. The molecule has 1 aliphatic rings. The summed E-state index contributed by atoms with van der Waals surface area (Å²) in [5, 5.41) is 3.90. The van der Waals surface area contributed by atoms with E-state index in [0.717, 1.165) is 36.4 Å². The van der Waals surface area contributed by atoms with E-state index >= 15 is 0 Å². The zero-order valence-electron chi connectivity index (χ0n) is 12.0. The molecule has 1 saturated heterocycles. The second-order valence-corrected chi connectivity index (χ2v) is 5.49. The molecular weight excluding hydrogens is 242 g/mol. The molecule has 0 saturated carbocycles. The van der Waals surface area contributed by atoms with Gasteiger partial charge in [-0.25, -0.2) is 0 Å². The van der Waals surface area contributed by atoms with Crippen LogP contribution in [0.5, 0.6) is 0 Å². The fraction of sp³-hybridized carbons (Fsp3) is 0.714. The van der Waals surface area contributed by atoms with Crippen molar-refractivity contribution in [1.29, 1.82) is 0 Å². The lowest BCUT2D eigenvalue weighted by atomic mass is 9.90. The van der Waals surface area contributed by atoms with Crippen molar-refractivity contribution in [2.45, 2.75) is 46.1 Å². The average Bonchev–Trinajstić information content (AvgIpc) is 2.70. The Morgan fingerprint density at radius 3 is 2.84 bits per heavy atom. The van der Waals surface area contributed by atoms with Gasteiger partial charge < -0.3 is 15.2 Å². The minimum atomic E-state index is 0.136. The number of nitrogens with two attached hydrogens (primary N) is 1. The van der Waals surface area contributed by atoms with Gasteiger partial charge in [-0.05, 0) is 32.6 Å². The summed E-state index contributed by atoms with van der Waals surface area (Å²) in [6.07, 6.45) is 2.58. The molecule has 2 rings (SSSR count). The summed E-state index contributed by atoms with van der Waals surface area (Å²) in [6, 6.07) is 0.168. The van der Waals surface area contributed by atoms with E-state index in [-0.39, 0.29) is 11.9 Å². The van der Waals surface area contributed by atoms with Crippen LogP contribution in [-0.4, -0.2) is 35.1 Å². The Hall–Kier alpha value is -1.36.